The molecule has 94 valence electrons. The summed E-state index contributed by atoms with van der Waals surface area (Å²) in [5, 5.41) is 3.56. The molecule has 3 nitrogen and oxygen atoms in total. The van der Waals surface area contributed by atoms with E-state index in [4.69, 9.17) is 10.5 Å². The molecule has 1 aliphatic rings. The SMILES string of the molecule is CCNC1(CN)CCc2ccc(OC)cc2C1. The maximum atomic E-state index is 5.96. The maximum Gasteiger partial charge on any atom is 0.119 e. The summed E-state index contributed by atoms with van der Waals surface area (Å²) in [6.07, 6.45) is 3.23. The summed E-state index contributed by atoms with van der Waals surface area (Å²) in [5.74, 6) is 0.938. The molecule has 3 heteroatoms. The van der Waals surface area contributed by atoms with Crippen molar-refractivity contribution in [2.75, 3.05) is 20.2 Å². The molecule has 0 aliphatic heterocycles. The minimum atomic E-state index is 0.0775. The van der Waals surface area contributed by atoms with Crippen molar-refractivity contribution in [3.8, 4) is 5.75 Å². The summed E-state index contributed by atoms with van der Waals surface area (Å²) >= 11 is 0. The molecule has 0 spiro atoms. The molecule has 1 aromatic rings. The fourth-order valence-electron chi connectivity index (χ4n) is 2.74. The van der Waals surface area contributed by atoms with Crippen LogP contribution in [0.5, 0.6) is 5.75 Å². The fourth-order valence-corrected chi connectivity index (χ4v) is 2.74. The van der Waals surface area contributed by atoms with Crippen LogP contribution in [0.1, 0.15) is 24.5 Å². The van der Waals surface area contributed by atoms with Gasteiger partial charge in [0.15, 0.2) is 0 Å². The Hall–Kier alpha value is -1.06. The van der Waals surface area contributed by atoms with Crippen molar-refractivity contribution >= 4 is 0 Å². The Balaban J connectivity index is 2.26. The quantitative estimate of drug-likeness (QED) is 0.830. The van der Waals surface area contributed by atoms with Crippen molar-refractivity contribution < 1.29 is 4.74 Å². The van der Waals surface area contributed by atoms with E-state index in [9.17, 15) is 0 Å². The first-order chi connectivity index (χ1) is 8.23. The maximum absolute atomic E-state index is 5.96. The molecule has 0 radical (unpaired) electrons. The predicted octanol–water partition coefficient (Wildman–Crippen LogP) is 1.49. The van der Waals surface area contributed by atoms with Crippen LogP contribution >= 0.6 is 0 Å². The number of methoxy groups -OCH3 is 1. The molecule has 1 unspecified atom stereocenters. The fraction of sp³-hybridized carbons (Fsp3) is 0.571. The molecule has 2 rings (SSSR count). The monoisotopic (exact) mass is 234 g/mol. The summed E-state index contributed by atoms with van der Waals surface area (Å²) in [4.78, 5) is 0. The highest BCUT2D eigenvalue weighted by Crippen LogP contribution is 2.30. The highest BCUT2D eigenvalue weighted by atomic mass is 16.5. The van der Waals surface area contributed by atoms with Crippen LogP contribution in [-0.2, 0) is 12.8 Å². The Labute approximate surface area is 103 Å². The summed E-state index contributed by atoms with van der Waals surface area (Å²) in [5.41, 5.74) is 8.85. The number of fused-ring (bicyclic) bond motifs is 1. The van der Waals surface area contributed by atoms with Crippen LogP contribution < -0.4 is 15.8 Å². The van der Waals surface area contributed by atoms with E-state index < -0.39 is 0 Å². The average Bonchev–Trinajstić information content (AvgIpc) is 2.38. The van der Waals surface area contributed by atoms with E-state index in [0.29, 0.717) is 6.54 Å². The zero-order valence-corrected chi connectivity index (χ0v) is 10.8. The summed E-state index contributed by atoms with van der Waals surface area (Å²) in [6.45, 7) is 3.80. The van der Waals surface area contributed by atoms with Gasteiger partial charge in [0.2, 0.25) is 0 Å². The number of nitrogens with one attached hydrogen (secondary N) is 1. The molecule has 0 heterocycles. The first-order valence-electron chi connectivity index (χ1n) is 6.34. The van der Waals surface area contributed by atoms with Crippen LogP contribution in [0, 0.1) is 0 Å². The molecule has 3 N–H and O–H groups in total. The van der Waals surface area contributed by atoms with Crippen molar-refractivity contribution in [3.05, 3.63) is 29.3 Å². The van der Waals surface area contributed by atoms with Crippen molar-refractivity contribution in [2.24, 2.45) is 5.73 Å². The van der Waals surface area contributed by atoms with E-state index >= 15 is 0 Å². The third-order valence-electron chi connectivity index (χ3n) is 3.76. The molecule has 17 heavy (non-hydrogen) atoms. The number of hydrogen-bond acceptors (Lipinski definition) is 3. The second-order valence-corrected chi connectivity index (χ2v) is 4.83. The third kappa shape index (κ3) is 2.45. The molecule has 1 aromatic carbocycles. The highest BCUT2D eigenvalue weighted by molar-refractivity contribution is 5.39. The van der Waals surface area contributed by atoms with Crippen LogP contribution in [0.3, 0.4) is 0 Å². The summed E-state index contributed by atoms with van der Waals surface area (Å²) < 4.78 is 5.29. The highest BCUT2D eigenvalue weighted by Gasteiger charge is 2.32. The number of ether oxygens (including phenoxy) is 1. The van der Waals surface area contributed by atoms with Gasteiger partial charge in [-0.25, -0.2) is 0 Å². The van der Waals surface area contributed by atoms with E-state index in [1.54, 1.807) is 7.11 Å². The smallest absolute Gasteiger partial charge is 0.119 e. The number of likely N-dealkylation sites (N-methyl/N-ethyl adjacent to an activating group) is 1. The second kappa shape index (κ2) is 5.07. The van der Waals surface area contributed by atoms with Gasteiger partial charge < -0.3 is 15.8 Å². The van der Waals surface area contributed by atoms with Gasteiger partial charge in [-0.2, -0.15) is 0 Å². The topological polar surface area (TPSA) is 47.3 Å². The van der Waals surface area contributed by atoms with Crippen LogP contribution in [0.25, 0.3) is 0 Å². The Kier molecular flexibility index (Phi) is 3.69. The molecule has 0 aromatic heterocycles. The Bertz CT molecular complexity index is 392. The number of benzene rings is 1. The Morgan fingerprint density at radius 3 is 2.88 bits per heavy atom. The molecule has 0 saturated heterocycles. The predicted molar refractivity (Wildman–Crippen MR) is 70.5 cm³/mol. The lowest BCUT2D eigenvalue weighted by Crippen LogP contribution is -2.54. The molecular weight excluding hydrogens is 212 g/mol. The molecular formula is C14H22N2O. The molecule has 0 fully saturated rings. The minimum absolute atomic E-state index is 0.0775. The number of nitrogens with two attached hydrogens (primary N) is 1. The second-order valence-electron chi connectivity index (χ2n) is 4.83. The first kappa shape index (κ1) is 12.4. The van der Waals surface area contributed by atoms with Crippen LogP contribution in [-0.4, -0.2) is 25.7 Å². The van der Waals surface area contributed by atoms with E-state index in [1.807, 2.05) is 6.07 Å². The Morgan fingerprint density at radius 1 is 1.41 bits per heavy atom. The van der Waals surface area contributed by atoms with Gasteiger partial charge in [0, 0.05) is 12.1 Å². The Morgan fingerprint density at radius 2 is 2.24 bits per heavy atom. The number of aryl methyl sites for hydroxylation is 1. The van der Waals surface area contributed by atoms with Crippen LogP contribution in [0.4, 0.5) is 0 Å². The number of rotatable bonds is 4. The van der Waals surface area contributed by atoms with Crippen LogP contribution in [0.2, 0.25) is 0 Å². The molecule has 1 atom stereocenters. The lowest BCUT2D eigenvalue weighted by Gasteiger charge is -2.38. The van der Waals surface area contributed by atoms with Gasteiger partial charge in [0.25, 0.3) is 0 Å². The van der Waals surface area contributed by atoms with Crippen molar-refractivity contribution in [1.29, 1.82) is 0 Å². The largest absolute Gasteiger partial charge is 0.497 e. The molecule has 1 aliphatic carbocycles. The van der Waals surface area contributed by atoms with Gasteiger partial charge in [-0.1, -0.05) is 13.0 Å². The summed E-state index contributed by atoms with van der Waals surface area (Å²) in [6, 6.07) is 6.37. The standard InChI is InChI=1S/C14H22N2O/c1-3-16-14(10-15)7-6-11-4-5-13(17-2)8-12(11)9-14/h4-5,8,16H,3,6-7,9-10,15H2,1-2H3. The summed E-state index contributed by atoms with van der Waals surface area (Å²) in [7, 11) is 1.71. The van der Waals surface area contributed by atoms with Gasteiger partial charge in [0.05, 0.1) is 7.11 Å². The lowest BCUT2D eigenvalue weighted by atomic mass is 9.78. The van der Waals surface area contributed by atoms with E-state index in [1.165, 1.54) is 11.1 Å². The van der Waals surface area contributed by atoms with Gasteiger partial charge in [-0.3, -0.25) is 0 Å². The van der Waals surface area contributed by atoms with Gasteiger partial charge in [-0.05, 0) is 49.1 Å². The zero-order valence-electron chi connectivity index (χ0n) is 10.8. The molecule has 0 saturated carbocycles. The van der Waals surface area contributed by atoms with Crippen molar-refractivity contribution in [1.82, 2.24) is 5.32 Å². The number of hydrogen-bond donors (Lipinski definition) is 2. The van der Waals surface area contributed by atoms with Crippen molar-refractivity contribution in [2.45, 2.75) is 31.7 Å². The van der Waals surface area contributed by atoms with Crippen molar-refractivity contribution in [3.63, 3.8) is 0 Å². The van der Waals surface area contributed by atoms with E-state index in [0.717, 1.165) is 31.6 Å². The molecule has 0 bridgehead atoms. The minimum Gasteiger partial charge on any atom is -0.497 e. The van der Waals surface area contributed by atoms with Crippen LogP contribution in [0.15, 0.2) is 18.2 Å². The van der Waals surface area contributed by atoms with Gasteiger partial charge >= 0.3 is 0 Å². The first-order valence-corrected chi connectivity index (χ1v) is 6.34. The third-order valence-corrected chi connectivity index (χ3v) is 3.76. The van der Waals surface area contributed by atoms with Gasteiger partial charge in [0.1, 0.15) is 5.75 Å². The average molecular weight is 234 g/mol. The van der Waals surface area contributed by atoms with E-state index in [-0.39, 0.29) is 5.54 Å². The lowest BCUT2D eigenvalue weighted by molar-refractivity contribution is 0.299. The van der Waals surface area contributed by atoms with Gasteiger partial charge in [-0.15, -0.1) is 0 Å². The van der Waals surface area contributed by atoms with E-state index in [2.05, 4.69) is 24.4 Å². The zero-order chi connectivity index (χ0) is 12.3. The normalized spacial score (nSPS) is 23.2. The molecule has 0 amide bonds.